The van der Waals surface area contributed by atoms with E-state index >= 15 is 0 Å². The van der Waals surface area contributed by atoms with Gasteiger partial charge in [-0.25, -0.2) is 0 Å². The van der Waals surface area contributed by atoms with Gasteiger partial charge in [0.15, 0.2) is 0 Å². The van der Waals surface area contributed by atoms with Crippen LogP contribution in [0.15, 0.2) is 42.5 Å². The third kappa shape index (κ3) is 4.58. The Hall–Kier alpha value is -3.35. The molecule has 0 aliphatic carbocycles. The summed E-state index contributed by atoms with van der Waals surface area (Å²) in [6, 6.07) is 13.0. The van der Waals surface area contributed by atoms with E-state index in [0.717, 1.165) is 31.5 Å². The van der Waals surface area contributed by atoms with E-state index in [0.29, 0.717) is 22.9 Å². The van der Waals surface area contributed by atoms with E-state index in [9.17, 15) is 14.4 Å². The number of benzene rings is 2. The van der Waals surface area contributed by atoms with Crippen molar-refractivity contribution in [2.45, 2.75) is 45.1 Å². The number of fused-ring (bicyclic) bond motifs is 3. The highest BCUT2D eigenvalue weighted by Gasteiger charge is 2.40. The number of amides is 3. The Morgan fingerprint density at radius 1 is 1.06 bits per heavy atom. The quantitative estimate of drug-likeness (QED) is 0.754. The van der Waals surface area contributed by atoms with E-state index in [2.05, 4.69) is 24.1 Å². The highest BCUT2D eigenvalue weighted by Crippen LogP contribution is 2.40. The average Bonchev–Trinajstić information content (AvgIpc) is 2.81. The topological polar surface area (TPSA) is 73.0 Å². The van der Waals surface area contributed by atoms with Crippen molar-refractivity contribution in [2.75, 3.05) is 42.3 Å². The zero-order valence-electron chi connectivity index (χ0n) is 19.8. The normalized spacial score (nSPS) is 17.5. The van der Waals surface area contributed by atoms with Crippen molar-refractivity contribution >= 4 is 34.8 Å². The molecule has 0 aromatic heterocycles. The van der Waals surface area contributed by atoms with Gasteiger partial charge in [0.05, 0.1) is 11.4 Å². The fourth-order valence-corrected chi connectivity index (χ4v) is 4.61. The lowest BCUT2D eigenvalue weighted by molar-refractivity contribution is -0.123. The average molecular weight is 449 g/mol. The second-order valence-electron chi connectivity index (χ2n) is 9.36. The molecule has 2 aliphatic rings. The van der Waals surface area contributed by atoms with Gasteiger partial charge in [0, 0.05) is 31.9 Å². The number of piperidine rings is 1. The summed E-state index contributed by atoms with van der Waals surface area (Å²) in [5.41, 5.74) is 3.92. The third-order valence-corrected chi connectivity index (χ3v) is 6.45. The molecule has 7 nitrogen and oxygen atoms in total. The minimum Gasteiger partial charge on any atom is -0.358 e. The number of rotatable bonds is 5. The Morgan fingerprint density at radius 2 is 1.79 bits per heavy atom. The van der Waals surface area contributed by atoms with Crippen molar-refractivity contribution in [3.8, 4) is 0 Å². The molecule has 0 bridgehead atoms. The molecule has 1 atom stereocenters. The summed E-state index contributed by atoms with van der Waals surface area (Å²) >= 11 is 0. The minimum atomic E-state index is -0.264. The van der Waals surface area contributed by atoms with Crippen LogP contribution in [0.2, 0.25) is 0 Å². The van der Waals surface area contributed by atoms with Crippen LogP contribution < -0.4 is 15.1 Å². The number of carbonyl (C=O) groups excluding carboxylic acids is 3. The molecule has 4 rings (SSSR count). The van der Waals surface area contributed by atoms with E-state index < -0.39 is 0 Å². The van der Waals surface area contributed by atoms with Gasteiger partial charge in [-0.1, -0.05) is 26.0 Å². The Bertz CT molecular complexity index is 1060. The molecule has 7 heteroatoms. The maximum atomic E-state index is 13.5. The molecule has 3 amide bonds. The van der Waals surface area contributed by atoms with E-state index in [4.69, 9.17) is 0 Å². The fourth-order valence-electron chi connectivity index (χ4n) is 4.61. The predicted octanol–water partition coefficient (Wildman–Crippen LogP) is 3.86. The van der Waals surface area contributed by atoms with E-state index in [1.165, 1.54) is 10.5 Å². The lowest BCUT2D eigenvalue weighted by atomic mass is 9.95. The van der Waals surface area contributed by atoms with Gasteiger partial charge in [-0.15, -0.1) is 0 Å². The number of carbonyl (C=O) groups is 3. The number of nitrogens with one attached hydrogen (secondary N) is 1. The van der Waals surface area contributed by atoms with Crippen LogP contribution in [0.4, 0.5) is 17.1 Å². The molecule has 0 spiro atoms. The van der Waals surface area contributed by atoms with Gasteiger partial charge in [-0.05, 0) is 61.1 Å². The van der Waals surface area contributed by atoms with E-state index in [1.54, 1.807) is 31.1 Å². The van der Waals surface area contributed by atoms with E-state index in [-0.39, 0.29) is 30.3 Å². The van der Waals surface area contributed by atoms with Crippen molar-refractivity contribution in [3.05, 3.63) is 53.6 Å². The van der Waals surface area contributed by atoms with Gasteiger partial charge in [-0.2, -0.15) is 0 Å². The van der Waals surface area contributed by atoms with E-state index in [1.807, 2.05) is 30.3 Å². The van der Waals surface area contributed by atoms with Crippen LogP contribution in [0.1, 0.15) is 54.9 Å². The van der Waals surface area contributed by atoms with Crippen LogP contribution in [0.25, 0.3) is 0 Å². The molecule has 0 saturated carbocycles. The fraction of sp³-hybridized carbons (Fsp3) is 0.423. The molecule has 0 radical (unpaired) electrons. The summed E-state index contributed by atoms with van der Waals surface area (Å²) in [6.07, 6.45) is 2.78. The van der Waals surface area contributed by atoms with Crippen LogP contribution >= 0.6 is 0 Å². The molecule has 174 valence electrons. The van der Waals surface area contributed by atoms with Crippen LogP contribution in [0.5, 0.6) is 0 Å². The standard InChI is InChI=1S/C26H32N4O3/c1-17(2)18-8-11-20(12-9-18)27-24(31)16-30-23-15-19(25(32)28(3)4)10-13-21(23)29-14-6-5-7-22(29)26(30)33/h8-13,15,17,22H,5-7,14,16H2,1-4H3,(H,27,31)/t22-/m1/s1. The van der Waals surface area contributed by atoms with Crippen LogP contribution in [0.3, 0.4) is 0 Å². The number of nitrogens with zero attached hydrogens (tertiary/aromatic N) is 3. The Morgan fingerprint density at radius 3 is 2.45 bits per heavy atom. The van der Waals surface area contributed by atoms with Gasteiger partial charge in [0.25, 0.3) is 5.91 Å². The van der Waals surface area contributed by atoms with Crippen molar-refractivity contribution in [1.82, 2.24) is 4.90 Å². The Kier molecular flexibility index (Phi) is 6.40. The van der Waals surface area contributed by atoms with Gasteiger partial charge in [0.2, 0.25) is 11.8 Å². The van der Waals surface area contributed by atoms with Crippen LogP contribution in [0, 0.1) is 0 Å². The molecule has 1 fully saturated rings. The summed E-state index contributed by atoms with van der Waals surface area (Å²) < 4.78 is 0. The first-order valence-electron chi connectivity index (χ1n) is 11.6. The summed E-state index contributed by atoms with van der Waals surface area (Å²) in [4.78, 5) is 44.2. The first-order valence-corrected chi connectivity index (χ1v) is 11.6. The smallest absolute Gasteiger partial charge is 0.253 e. The zero-order chi connectivity index (χ0) is 23.7. The predicted molar refractivity (Wildman–Crippen MR) is 131 cm³/mol. The molecule has 1 N–H and O–H groups in total. The first kappa shape index (κ1) is 22.8. The molecule has 1 saturated heterocycles. The second kappa shape index (κ2) is 9.25. The molecule has 33 heavy (non-hydrogen) atoms. The summed E-state index contributed by atoms with van der Waals surface area (Å²) in [7, 11) is 3.40. The largest absolute Gasteiger partial charge is 0.358 e. The van der Waals surface area contributed by atoms with Crippen molar-refractivity contribution in [3.63, 3.8) is 0 Å². The minimum absolute atomic E-state index is 0.0815. The van der Waals surface area contributed by atoms with Crippen LogP contribution in [-0.4, -0.2) is 55.8 Å². The number of anilines is 3. The lowest BCUT2D eigenvalue weighted by Crippen LogP contribution is -2.56. The summed E-state index contributed by atoms with van der Waals surface area (Å²) in [5, 5.41) is 2.91. The van der Waals surface area contributed by atoms with Gasteiger partial charge in [-0.3, -0.25) is 19.3 Å². The SMILES string of the molecule is CC(C)c1ccc(NC(=O)CN2C(=O)[C@H]3CCCCN3c3ccc(C(=O)N(C)C)cc32)cc1. The Labute approximate surface area is 195 Å². The molecular weight excluding hydrogens is 416 g/mol. The van der Waals surface area contributed by atoms with Gasteiger partial charge >= 0.3 is 0 Å². The molecular formula is C26H32N4O3. The first-order chi connectivity index (χ1) is 15.8. The van der Waals surface area contributed by atoms with Crippen molar-refractivity contribution in [1.29, 1.82) is 0 Å². The number of hydrogen-bond acceptors (Lipinski definition) is 4. The Balaban J connectivity index is 1.62. The maximum absolute atomic E-state index is 13.5. The molecule has 2 aromatic carbocycles. The summed E-state index contributed by atoms with van der Waals surface area (Å²) in [5.74, 6) is -0.0717. The number of hydrogen-bond donors (Lipinski definition) is 1. The molecule has 2 aliphatic heterocycles. The summed E-state index contributed by atoms with van der Waals surface area (Å²) in [6.45, 7) is 4.95. The van der Waals surface area contributed by atoms with Crippen molar-refractivity contribution < 1.29 is 14.4 Å². The third-order valence-electron chi connectivity index (χ3n) is 6.45. The van der Waals surface area contributed by atoms with Gasteiger partial charge < -0.3 is 15.1 Å². The maximum Gasteiger partial charge on any atom is 0.253 e. The van der Waals surface area contributed by atoms with Gasteiger partial charge in [0.1, 0.15) is 12.6 Å². The molecule has 0 unspecified atom stereocenters. The van der Waals surface area contributed by atoms with Crippen LogP contribution in [-0.2, 0) is 9.59 Å². The molecule has 2 aromatic rings. The highest BCUT2D eigenvalue weighted by molar-refractivity contribution is 6.11. The van der Waals surface area contributed by atoms with Crippen molar-refractivity contribution in [2.24, 2.45) is 0 Å². The highest BCUT2D eigenvalue weighted by atomic mass is 16.2. The molecule has 2 heterocycles. The monoisotopic (exact) mass is 448 g/mol. The zero-order valence-corrected chi connectivity index (χ0v) is 19.8. The lowest BCUT2D eigenvalue weighted by Gasteiger charge is -2.45. The second-order valence-corrected chi connectivity index (χ2v) is 9.36.